The van der Waals surface area contributed by atoms with E-state index in [2.05, 4.69) is 40.9 Å². The van der Waals surface area contributed by atoms with Crippen LogP contribution in [0.2, 0.25) is 0 Å². The van der Waals surface area contributed by atoms with E-state index in [1.807, 2.05) is 124 Å². The van der Waals surface area contributed by atoms with E-state index in [9.17, 15) is 4.21 Å². The molecule has 0 saturated heterocycles. The van der Waals surface area contributed by atoms with E-state index < -0.39 is 29.1 Å². The minimum Gasteiger partial charge on any atom is -0.497 e. The number of carbonyl (C=O) groups excluding carboxylic acids is 1. The van der Waals surface area contributed by atoms with Gasteiger partial charge in [-0.15, -0.1) is 14.2 Å². The fraction of sp³-hybridized carbons (Fsp3) is 0.365. The Labute approximate surface area is 505 Å². The number of nitrogens with one attached hydrogen (secondary N) is 1. The molecule has 2 aromatic heterocycles. The molecule has 448 valence electrons. The topological polar surface area (TPSA) is 194 Å². The number of anilines is 2. The monoisotopic (exact) mass is 1190 g/mol. The lowest BCUT2D eigenvalue weighted by Crippen LogP contribution is -2.62. The summed E-state index contributed by atoms with van der Waals surface area (Å²) in [6, 6.07) is 38.6. The van der Waals surface area contributed by atoms with Crippen LogP contribution in [0.25, 0.3) is 0 Å². The average molecular weight is 1190 g/mol. The fourth-order valence-electron chi connectivity index (χ4n) is 9.50. The van der Waals surface area contributed by atoms with E-state index in [0.717, 1.165) is 71.4 Å². The second kappa shape index (κ2) is 30.6. The summed E-state index contributed by atoms with van der Waals surface area (Å²) in [5.74, 6) is 2.50. The van der Waals surface area contributed by atoms with Crippen molar-refractivity contribution >= 4 is 58.5 Å². The quantitative estimate of drug-likeness (QED) is 0.00514. The molecule has 1 aliphatic heterocycles. The minimum absolute atomic E-state index is 0.0859. The van der Waals surface area contributed by atoms with Crippen molar-refractivity contribution in [2.45, 2.75) is 112 Å². The van der Waals surface area contributed by atoms with E-state index in [0.29, 0.717) is 72.7 Å². The van der Waals surface area contributed by atoms with Crippen LogP contribution in [-0.2, 0) is 37.3 Å². The van der Waals surface area contributed by atoms with Crippen molar-refractivity contribution in [2.24, 2.45) is 10.1 Å². The molecule has 4 unspecified atom stereocenters. The van der Waals surface area contributed by atoms with Crippen molar-refractivity contribution in [3.05, 3.63) is 162 Å². The molecular formula is C63H75N11O9S2. The van der Waals surface area contributed by atoms with Gasteiger partial charge in [0.15, 0.2) is 23.7 Å². The molecule has 3 heterocycles. The first-order chi connectivity index (χ1) is 41.3. The SMILES string of the molecule is CCCCN(CCCC)C(=O)N(c1ccc(N(C#CSOOC)CC)cc1C)C1(n2cccn2)C(Cc2ccccc2)=Nn2nc(C(C)CNS(=O)Oc3cc(N=COC(CC)Oc4ccc(C)cc4C)ccc3Oc3ccc(OC)cc3)nc21. The molecule has 4 atom stereocenters. The van der Waals surface area contributed by atoms with Gasteiger partial charge in [0, 0.05) is 80.4 Å². The maximum absolute atomic E-state index is 16.1. The van der Waals surface area contributed by atoms with Crippen LogP contribution in [0, 0.1) is 32.1 Å². The number of aromatic nitrogens is 5. The maximum atomic E-state index is 16.1. The number of nitrogens with zero attached hydrogens (tertiary/aromatic N) is 10. The third kappa shape index (κ3) is 15.6. The Kier molecular flexibility index (Phi) is 22.6. The molecule has 7 aromatic rings. The molecule has 0 spiro atoms. The van der Waals surface area contributed by atoms with Crippen LogP contribution in [-0.4, -0.2) is 98.6 Å². The van der Waals surface area contributed by atoms with Gasteiger partial charge in [-0.25, -0.2) is 29.1 Å². The normalized spacial score (nSPS) is 14.6. The van der Waals surface area contributed by atoms with Gasteiger partial charge in [-0.3, -0.25) is 4.90 Å². The highest BCUT2D eigenvalue weighted by molar-refractivity contribution is 7.99. The predicted octanol–water partition coefficient (Wildman–Crippen LogP) is 12.7. The first kappa shape index (κ1) is 62.8. The molecule has 22 heteroatoms. The van der Waals surface area contributed by atoms with Crippen molar-refractivity contribution < 1.29 is 41.4 Å². The molecule has 0 fully saturated rings. The number of ether oxygens (including phenoxy) is 4. The number of aryl methyl sites for hydroxylation is 3. The highest BCUT2D eigenvalue weighted by Gasteiger charge is 2.58. The summed E-state index contributed by atoms with van der Waals surface area (Å²) >= 11 is -1.26. The smallest absolute Gasteiger partial charge is 0.327 e. The number of amides is 2. The van der Waals surface area contributed by atoms with Gasteiger partial charge in [0.05, 0.1) is 25.6 Å². The molecule has 1 N–H and O–H groups in total. The van der Waals surface area contributed by atoms with E-state index in [4.69, 9.17) is 52.6 Å². The van der Waals surface area contributed by atoms with Crippen LogP contribution in [0.3, 0.4) is 0 Å². The highest BCUT2D eigenvalue weighted by atomic mass is 32.2. The Bertz CT molecular complexity index is 3460. The van der Waals surface area contributed by atoms with Gasteiger partial charge in [-0.1, -0.05) is 88.6 Å². The van der Waals surface area contributed by atoms with Crippen molar-refractivity contribution in [3.63, 3.8) is 0 Å². The van der Waals surface area contributed by atoms with Crippen LogP contribution in [0.1, 0.15) is 107 Å². The molecule has 0 saturated carbocycles. The zero-order valence-corrected chi connectivity index (χ0v) is 51.5. The Morgan fingerprint density at radius 1 is 0.871 bits per heavy atom. The number of rotatable bonds is 30. The number of benzene rings is 5. The highest BCUT2D eigenvalue weighted by Crippen LogP contribution is 2.43. The Hall–Kier alpha value is -8.20. The number of carbonyl (C=O) groups is 1. The molecule has 0 bridgehead atoms. The zero-order valence-electron chi connectivity index (χ0n) is 49.9. The van der Waals surface area contributed by atoms with Gasteiger partial charge in [-0.2, -0.15) is 14.4 Å². The molecule has 8 rings (SSSR count). The van der Waals surface area contributed by atoms with Gasteiger partial charge in [0.25, 0.3) is 11.3 Å². The number of aliphatic imine (C=N–C) groups is 1. The molecular weight excluding hydrogens is 1120 g/mol. The van der Waals surface area contributed by atoms with Crippen LogP contribution >= 0.6 is 12.0 Å². The third-order valence-corrected chi connectivity index (χ3v) is 15.1. The average Bonchev–Trinajstić information content (AvgIpc) is 1.60. The predicted molar refractivity (Wildman–Crippen MR) is 334 cm³/mol. The zero-order chi connectivity index (χ0) is 60.3. The Balaban J connectivity index is 1.13. The second-order valence-corrected chi connectivity index (χ2v) is 21.6. The molecule has 0 radical (unpaired) electrons. The molecule has 5 aromatic carbocycles. The Morgan fingerprint density at radius 3 is 2.29 bits per heavy atom. The second-order valence-electron chi connectivity index (χ2n) is 20.1. The van der Waals surface area contributed by atoms with E-state index in [1.54, 1.807) is 65.4 Å². The van der Waals surface area contributed by atoms with Crippen LogP contribution < -0.4 is 32.9 Å². The first-order valence-corrected chi connectivity index (χ1v) is 30.3. The molecule has 1 aliphatic rings. The summed E-state index contributed by atoms with van der Waals surface area (Å²) in [6.45, 7) is 17.8. The number of urea groups is 1. The summed E-state index contributed by atoms with van der Waals surface area (Å²) in [4.78, 5) is 37.9. The van der Waals surface area contributed by atoms with E-state index in [1.165, 1.54) is 18.3 Å². The van der Waals surface area contributed by atoms with Crippen molar-refractivity contribution in [1.82, 2.24) is 34.3 Å². The van der Waals surface area contributed by atoms with Crippen molar-refractivity contribution in [1.29, 1.82) is 0 Å². The summed E-state index contributed by atoms with van der Waals surface area (Å²) in [6.07, 6.45) is 8.47. The summed E-state index contributed by atoms with van der Waals surface area (Å²) in [5, 5.41) is 18.2. The van der Waals surface area contributed by atoms with Crippen molar-refractivity contribution in [2.75, 3.05) is 50.2 Å². The number of fused-ring (bicyclic) bond motifs is 1. The molecule has 2 amide bonds. The number of hydrogen-bond acceptors (Lipinski definition) is 16. The van der Waals surface area contributed by atoms with Crippen LogP contribution in [0.5, 0.6) is 28.7 Å². The maximum Gasteiger partial charge on any atom is 0.327 e. The van der Waals surface area contributed by atoms with Gasteiger partial charge >= 0.3 is 6.03 Å². The first-order valence-electron chi connectivity index (χ1n) is 28.5. The summed E-state index contributed by atoms with van der Waals surface area (Å²) in [5.41, 5.74) is 4.68. The summed E-state index contributed by atoms with van der Waals surface area (Å²) in [7, 11) is 3.01. The third-order valence-electron chi connectivity index (χ3n) is 14.0. The standard InChI is InChI=1S/C63H75N11O9S2/c1-11-15-34-71(35-16-12-2)62(75)73(54-30-25-51(40-46(54)6)70(14-4)37-38-84-83-78-10)63(72-36-20-33-65-72)58(41-49-21-18-17-19-22-49)68-74-61(63)67-60(69-74)48(8)43-66-85(76)82-57-42-50(24-32-56(57)80-53-28-26-52(77-9)27-29-53)64-44-79-59(13-3)81-55-31-23-45(5)39-47(55)7/h17-33,36,39-40,42,44,48,59,66H,11-16,34-35,41,43H2,1-10H3. The van der Waals surface area contributed by atoms with Crippen molar-refractivity contribution in [3.8, 4) is 40.0 Å². The van der Waals surface area contributed by atoms with Gasteiger partial charge in [-0.05, 0) is 124 Å². The lowest BCUT2D eigenvalue weighted by atomic mass is 9.93. The van der Waals surface area contributed by atoms with E-state index in [-0.39, 0.29) is 24.1 Å². The minimum atomic E-state index is -2.14. The van der Waals surface area contributed by atoms with Crippen LogP contribution in [0.15, 0.2) is 138 Å². The van der Waals surface area contributed by atoms with E-state index >= 15 is 4.79 Å². The number of hydrogen-bond donors (Lipinski definition) is 1. The van der Waals surface area contributed by atoms with Crippen LogP contribution in [0.4, 0.5) is 21.9 Å². The lowest BCUT2D eigenvalue weighted by molar-refractivity contribution is -0.158. The largest absolute Gasteiger partial charge is 0.497 e. The summed E-state index contributed by atoms with van der Waals surface area (Å²) < 4.78 is 53.7. The lowest BCUT2D eigenvalue weighted by Gasteiger charge is -2.43. The fourth-order valence-corrected chi connectivity index (χ4v) is 10.5. The molecule has 85 heavy (non-hydrogen) atoms. The molecule has 0 aliphatic carbocycles. The van der Waals surface area contributed by atoms with Gasteiger partial charge < -0.3 is 32.9 Å². The Morgan fingerprint density at radius 2 is 1.62 bits per heavy atom. The molecule has 20 nitrogen and oxygen atoms in total. The number of unbranched alkanes of at least 4 members (excludes halogenated alkanes) is 2. The van der Waals surface area contributed by atoms with Gasteiger partial charge in [0.1, 0.15) is 35.0 Å². The van der Waals surface area contributed by atoms with Gasteiger partial charge in [0.2, 0.25) is 17.8 Å². The number of methoxy groups -OCH3 is 1.